The Balaban J connectivity index is 1.79. The van der Waals surface area contributed by atoms with Crippen LogP contribution in [0.25, 0.3) is 16.7 Å². The second kappa shape index (κ2) is 5.73. The number of hydrogen-bond acceptors (Lipinski definition) is 4. The fraction of sp³-hybridized carbons (Fsp3) is 0.0556. The van der Waals surface area contributed by atoms with Gasteiger partial charge >= 0.3 is 0 Å². The maximum absolute atomic E-state index is 13.1. The molecule has 0 aliphatic rings. The molecule has 0 unspecified atom stereocenters. The van der Waals surface area contributed by atoms with Crippen LogP contribution in [-0.4, -0.2) is 19.7 Å². The molecule has 2 aromatic heterocycles. The van der Waals surface area contributed by atoms with Crippen molar-refractivity contribution in [2.45, 2.75) is 6.92 Å². The van der Waals surface area contributed by atoms with Crippen molar-refractivity contribution in [2.24, 2.45) is 0 Å². The number of nitrogens with one attached hydrogen (secondary N) is 1. The monoisotopic (exact) mass is 319 g/mol. The van der Waals surface area contributed by atoms with E-state index in [0.717, 1.165) is 22.3 Å². The van der Waals surface area contributed by atoms with Crippen LogP contribution < -0.4 is 5.32 Å². The predicted molar refractivity (Wildman–Crippen MR) is 91.1 cm³/mol. The van der Waals surface area contributed by atoms with Crippen LogP contribution in [0, 0.1) is 12.7 Å². The van der Waals surface area contributed by atoms with Gasteiger partial charge in [-0.25, -0.2) is 19.0 Å². The van der Waals surface area contributed by atoms with Crippen LogP contribution in [0.3, 0.4) is 0 Å². The minimum atomic E-state index is -0.285. The Hall–Kier alpha value is -3.28. The summed E-state index contributed by atoms with van der Waals surface area (Å²) in [5, 5.41) is 8.49. The van der Waals surface area contributed by atoms with E-state index in [1.165, 1.54) is 18.5 Å². The summed E-state index contributed by atoms with van der Waals surface area (Å²) in [6, 6.07) is 14.1. The number of aromatic nitrogens is 4. The molecule has 0 saturated carbocycles. The maximum atomic E-state index is 13.1. The van der Waals surface area contributed by atoms with Gasteiger partial charge in [0.25, 0.3) is 0 Å². The number of anilines is 2. The van der Waals surface area contributed by atoms with Crippen LogP contribution in [0.2, 0.25) is 0 Å². The van der Waals surface area contributed by atoms with Crippen LogP contribution in [0.4, 0.5) is 15.9 Å². The zero-order valence-electron chi connectivity index (χ0n) is 12.9. The molecule has 1 N–H and O–H groups in total. The van der Waals surface area contributed by atoms with Crippen molar-refractivity contribution in [2.75, 3.05) is 5.32 Å². The molecule has 0 aliphatic heterocycles. The van der Waals surface area contributed by atoms with Gasteiger partial charge in [-0.1, -0.05) is 18.2 Å². The number of fused-ring (bicyclic) bond motifs is 1. The highest BCUT2D eigenvalue weighted by Gasteiger charge is 2.12. The van der Waals surface area contributed by atoms with Crippen molar-refractivity contribution >= 4 is 22.5 Å². The van der Waals surface area contributed by atoms with Gasteiger partial charge in [-0.3, -0.25) is 0 Å². The van der Waals surface area contributed by atoms with E-state index in [1.807, 2.05) is 31.2 Å². The van der Waals surface area contributed by atoms with Crippen molar-refractivity contribution in [3.8, 4) is 5.69 Å². The molecule has 0 bridgehead atoms. The molecule has 4 aromatic rings. The van der Waals surface area contributed by atoms with Crippen molar-refractivity contribution in [3.63, 3.8) is 0 Å². The van der Waals surface area contributed by atoms with Crippen LogP contribution in [-0.2, 0) is 0 Å². The summed E-state index contributed by atoms with van der Waals surface area (Å²) in [6.07, 6.45) is 3.20. The average Bonchev–Trinajstić information content (AvgIpc) is 3.03. The van der Waals surface area contributed by atoms with Gasteiger partial charge in [0, 0.05) is 5.69 Å². The van der Waals surface area contributed by atoms with Crippen molar-refractivity contribution in [3.05, 3.63) is 72.4 Å². The molecule has 0 amide bonds. The van der Waals surface area contributed by atoms with Gasteiger partial charge in [0.2, 0.25) is 0 Å². The standard InChI is InChI=1S/C18H14FN5/c1-12-4-2-3-5-16(12)23-17-15-10-22-24(18(15)21-11-20-17)14-8-6-13(19)7-9-14/h2-11H,1H3,(H,20,21,23). The Morgan fingerprint density at radius 1 is 1.00 bits per heavy atom. The third-order valence-electron chi connectivity index (χ3n) is 3.84. The molecule has 6 heteroatoms. The molecule has 0 fully saturated rings. The topological polar surface area (TPSA) is 55.6 Å². The molecule has 0 aliphatic carbocycles. The van der Waals surface area contributed by atoms with E-state index in [9.17, 15) is 4.39 Å². The lowest BCUT2D eigenvalue weighted by Gasteiger charge is -2.09. The van der Waals surface area contributed by atoms with Gasteiger partial charge in [-0.2, -0.15) is 5.10 Å². The van der Waals surface area contributed by atoms with E-state index < -0.39 is 0 Å². The van der Waals surface area contributed by atoms with Gasteiger partial charge < -0.3 is 5.32 Å². The molecule has 0 atom stereocenters. The molecule has 2 heterocycles. The van der Waals surface area contributed by atoms with Crippen LogP contribution >= 0.6 is 0 Å². The van der Waals surface area contributed by atoms with Crippen LogP contribution in [0.15, 0.2) is 61.1 Å². The molecule has 0 spiro atoms. The van der Waals surface area contributed by atoms with Gasteiger partial charge in [0.15, 0.2) is 5.65 Å². The number of para-hydroxylation sites is 1. The number of benzene rings is 2. The van der Waals surface area contributed by atoms with E-state index in [0.29, 0.717) is 11.5 Å². The van der Waals surface area contributed by atoms with Crippen molar-refractivity contribution in [1.29, 1.82) is 0 Å². The summed E-state index contributed by atoms with van der Waals surface area (Å²) in [4.78, 5) is 8.65. The first-order valence-corrected chi connectivity index (χ1v) is 7.50. The first kappa shape index (κ1) is 14.3. The van der Waals surface area contributed by atoms with Gasteiger partial charge in [-0.15, -0.1) is 0 Å². The summed E-state index contributed by atoms with van der Waals surface area (Å²) < 4.78 is 14.8. The lowest BCUT2D eigenvalue weighted by atomic mass is 10.2. The first-order valence-electron chi connectivity index (χ1n) is 7.50. The summed E-state index contributed by atoms with van der Waals surface area (Å²) in [7, 11) is 0. The Morgan fingerprint density at radius 3 is 2.58 bits per heavy atom. The Morgan fingerprint density at radius 2 is 1.79 bits per heavy atom. The second-order valence-corrected chi connectivity index (χ2v) is 5.43. The van der Waals surface area contributed by atoms with E-state index in [2.05, 4.69) is 20.4 Å². The van der Waals surface area contributed by atoms with Crippen molar-refractivity contribution < 1.29 is 4.39 Å². The van der Waals surface area contributed by atoms with E-state index in [4.69, 9.17) is 0 Å². The highest BCUT2D eigenvalue weighted by atomic mass is 19.1. The zero-order chi connectivity index (χ0) is 16.5. The van der Waals surface area contributed by atoms with Crippen molar-refractivity contribution in [1.82, 2.24) is 19.7 Å². The van der Waals surface area contributed by atoms with Gasteiger partial charge in [-0.05, 0) is 42.8 Å². The van der Waals surface area contributed by atoms with Gasteiger partial charge in [0.1, 0.15) is 18.0 Å². The minimum Gasteiger partial charge on any atom is -0.339 e. The van der Waals surface area contributed by atoms with E-state index >= 15 is 0 Å². The van der Waals surface area contributed by atoms with E-state index in [-0.39, 0.29) is 5.82 Å². The van der Waals surface area contributed by atoms with Crippen LogP contribution in [0.1, 0.15) is 5.56 Å². The third-order valence-corrected chi connectivity index (χ3v) is 3.84. The Bertz CT molecular complexity index is 1010. The molecule has 2 aromatic carbocycles. The number of aryl methyl sites for hydroxylation is 1. The molecule has 0 radical (unpaired) electrons. The molecular formula is C18H14FN5. The quantitative estimate of drug-likeness (QED) is 0.620. The number of halogens is 1. The summed E-state index contributed by atoms with van der Waals surface area (Å²) >= 11 is 0. The number of rotatable bonds is 3. The molecule has 24 heavy (non-hydrogen) atoms. The normalized spacial score (nSPS) is 10.9. The van der Waals surface area contributed by atoms with Crippen LogP contribution in [0.5, 0.6) is 0 Å². The molecule has 5 nitrogen and oxygen atoms in total. The van der Waals surface area contributed by atoms with Gasteiger partial charge in [0.05, 0.1) is 17.3 Å². The maximum Gasteiger partial charge on any atom is 0.168 e. The highest BCUT2D eigenvalue weighted by molar-refractivity contribution is 5.89. The smallest absolute Gasteiger partial charge is 0.168 e. The Labute approximate surface area is 137 Å². The molecule has 118 valence electrons. The molecule has 4 rings (SSSR count). The van der Waals surface area contributed by atoms with E-state index in [1.54, 1.807) is 23.0 Å². The SMILES string of the molecule is Cc1ccccc1Nc1ncnc2c1cnn2-c1ccc(F)cc1. The zero-order valence-corrected chi connectivity index (χ0v) is 12.9. The minimum absolute atomic E-state index is 0.285. The average molecular weight is 319 g/mol. The second-order valence-electron chi connectivity index (χ2n) is 5.43. The number of nitrogens with zero attached hydrogens (tertiary/aromatic N) is 4. The highest BCUT2D eigenvalue weighted by Crippen LogP contribution is 2.25. The summed E-state index contributed by atoms with van der Waals surface area (Å²) in [5.41, 5.74) is 3.50. The molecular weight excluding hydrogens is 305 g/mol. The lowest BCUT2D eigenvalue weighted by Crippen LogP contribution is -2.00. The summed E-state index contributed by atoms with van der Waals surface area (Å²) in [5.74, 6) is 0.398. The number of hydrogen-bond donors (Lipinski definition) is 1. The predicted octanol–water partition coefficient (Wildman–Crippen LogP) is 4.01. The fourth-order valence-electron chi connectivity index (χ4n) is 2.56. The molecule has 0 saturated heterocycles. The summed E-state index contributed by atoms with van der Waals surface area (Å²) in [6.45, 7) is 2.03. The Kier molecular flexibility index (Phi) is 3.42. The fourth-order valence-corrected chi connectivity index (χ4v) is 2.56. The lowest BCUT2D eigenvalue weighted by molar-refractivity contribution is 0.627. The first-order chi connectivity index (χ1) is 11.7. The largest absolute Gasteiger partial charge is 0.339 e. The third kappa shape index (κ3) is 2.48.